The molecule has 0 radical (unpaired) electrons. The van der Waals surface area contributed by atoms with E-state index in [1.54, 1.807) is 12.1 Å². The van der Waals surface area contributed by atoms with Crippen LogP contribution in [0.15, 0.2) is 39.8 Å². The molecule has 21 heavy (non-hydrogen) atoms. The number of halogens is 2. The smallest absolute Gasteiger partial charge is 0.243 e. The summed E-state index contributed by atoms with van der Waals surface area (Å²) < 4.78 is 59.0. The molecular formula is C13H14F2N2O3S. The second-order valence-corrected chi connectivity index (χ2v) is 6.01. The summed E-state index contributed by atoms with van der Waals surface area (Å²) in [5.74, 6) is -1.51. The van der Waals surface area contributed by atoms with Gasteiger partial charge in [0.25, 0.3) is 0 Å². The molecule has 0 aliphatic rings. The molecule has 8 heteroatoms. The Morgan fingerprint density at radius 2 is 1.95 bits per heavy atom. The van der Waals surface area contributed by atoms with Gasteiger partial charge in [0, 0.05) is 12.1 Å². The predicted molar refractivity (Wildman–Crippen MR) is 71.9 cm³/mol. The molecule has 0 spiro atoms. The van der Waals surface area contributed by atoms with E-state index < -0.39 is 26.6 Å². The summed E-state index contributed by atoms with van der Waals surface area (Å²) >= 11 is 0. The van der Waals surface area contributed by atoms with Crippen LogP contribution in [0.25, 0.3) is 0 Å². The molecule has 0 saturated carbocycles. The van der Waals surface area contributed by atoms with Crippen molar-refractivity contribution >= 4 is 10.0 Å². The van der Waals surface area contributed by atoms with Gasteiger partial charge < -0.3 is 9.73 Å². The Kier molecular flexibility index (Phi) is 4.71. The van der Waals surface area contributed by atoms with E-state index in [0.717, 1.165) is 12.1 Å². The highest BCUT2D eigenvalue weighted by atomic mass is 32.2. The van der Waals surface area contributed by atoms with Gasteiger partial charge in [0.15, 0.2) is 5.82 Å². The summed E-state index contributed by atoms with van der Waals surface area (Å²) in [4.78, 5) is -0.597. The first-order chi connectivity index (χ1) is 9.95. The first-order valence-electron chi connectivity index (χ1n) is 6.09. The summed E-state index contributed by atoms with van der Waals surface area (Å²) in [6.45, 7) is -0.229. The van der Waals surface area contributed by atoms with Crippen molar-refractivity contribution in [3.05, 3.63) is 53.5 Å². The SMILES string of the molecule is CNCc1c(F)ccc(S(=O)(=O)NCc2ccco2)c1F. The van der Waals surface area contributed by atoms with Crippen molar-refractivity contribution in [3.63, 3.8) is 0 Å². The minimum Gasteiger partial charge on any atom is -0.468 e. The van der Waals surface area contributed by atoms with E-state index in [0.29, 0.717) is 5.76 Å². The zero-order chi connectivity index (χ0) is 15.5. The van der Waals surface area contributed by atoms with Crippen LogP contribution in [-0.2, 0) is 23.1 Å². The Labute approximate surface area is 121 Å². The highest BCUT2D eigenvalue weighted by molar-refractivity contribution is 7.89. The summed E-state index contributed by atoms with van der Waals surface area (Å²) in [5.41, 5.74) is -0.321. The Morgan fingerprint density at radius 3 is 2.57 bits per heavy atom. The quantitative estimate of drug-likeness (QED) is 0.852. The van der Waals surface area contributed by atoms with E-state index in [2.05, 4.69) is 10.0 Å². The molecule has 0 amide bonds. The Morgan fingerprint density at radius 1 is 1.19 bits per heavy atom. The number of hydrogen-bond donors (Lipinski definition) is 2. The van der Waals surface area contributed by atoms with Crippen molar-refractivity contribution in [3.8, 4) is 0 Å². The summed E-state index contributed by atoms with van der Waals surface area (Å²) in [7, 11) is -2.59. The van der Waals surface area contributed by atoms with Crippen molar-refractivity contribution in [2.24, 2.45) is 0 Å². The topological polar surface area (TPSA) is 71.3 Å². The van der Waals surface area contributed by atoms with Gasteiger partial charge in [-0.2, -0.15) is 0 Å². The first-order valence-corrected chi connectivity index (χ1v) is 7.57. The fourth-order valence-electron chi connectivity index (χ4n) is 1.78. The van der Waals surface area contributed by atoms with Gasteiger partial charge in [0.1, 0.15) is 16.5 Å². The molecule has 5 nitrogen and oxygen atoms in total. The number of sulfonamides is 1. The summed E-state index contributed by atoms with van der Waals surface area (Å²) in [5, 5.41) is 2.59. The van der Waals surface area contributed by atoms with Crippen LogP contribution in [0.4, 0.5) is 8.78 Å². The maximum Gasteiger partial charge on any atom is 0.243 e. The molecule has 1 aromatic heterocycles. The van der Waals surface area contributed by atoms with E-state index in [1.807, 2.05) is 0 Å². The predicted octanol–water partition coefficient (Wildman–Crippen LogP) is 1.76. The lowest BCUT2D eigenvalue weighted by Gasteiger charge is -2.10. The van der Waals surface area contributed by atoms with Crippen LogP contribution in [0, 0.1) is 11.6 Å². The van der Waals surface area contributed by atoms with Crippen molar-refractivity contribution in [1.82, 2.24) is 10.0 Å². The van der Waals surface area contributed by atoms with Crippen LogP contribution in [0.5, 0.6) is 0 Å². The van der Waals surface area contributed by atoms with Gasteiger partial charge in [0.05, 0.1) is 12.8 Å². The van der Waals surface area contributed by atoms with Gasteiger partial charge >= 0.3 is 0 Å². The van der Waals surface area contributed by atoms with Crippen molar-refractivity contribution in [2.45, 2.75) is 18.0 Å². The molecular weight excluding hydrogens is 302 g/mol. The number of hydrogen-bond acceptors (Lipinski definition) is 4. The first kappa shape index (κ1) is 15.6. The molecule has 114 valence electrons. The highest BCUT2D eigenvalue weighted by Crippen LogP contribution is 2.21. The molecule has 2 N–H and O–H groups in total. The van der Waals surface area contributed by atoms with Crippen LogP contribution in [0.2, 0.25) is 0 Å². The van der Waals surface area contributed by atoms with Crippen molar-refractivity contribution in [1.29, 1.82) is 0 Å². The Hall–Kier alpha value is -1.77. The molecule has 0 saturated heterocycles. The number of furan rings is 1. The molecule has 0 unspecified atom stereocenters. The van der Waals surface area contributed by atoms with Crippen LogP contribution in [0.3, 0.4) is 0 Å². The second kappa shape index (κ2) is 6.33. The number of benzene rings is 1. The fourth-order valence-corrected chi connectivity index (χ4v) is 2.87. The summed E-state index contributed by atoms with van der Waals surface area (Å²) in [6, 6.07) is 5.01. The molecule has 1 aromatic carbocycles. The second-order valence-electron chi connectivity index (χ2n) is 4.27. The molecule has 0 fully saturated rings. The minimum absolute atomic E-state index is 0.112. The third-order valence-corrected chi connectivity index (χ3v) is 4.23. The normalized spacial score (nSPS) is 11.8. The van der Waals surface area contributed by atoms with E-state index >= 15 is 0 Å². The van der Waals surface area contributed by atoms with Gasteiger partial charge in [-0.05, 0) is 31.3 Å². The lowest BCUT2D eigenvalue weighted by atomic mass is 10.2. The number of rotatable bonds is 6. The van der Waals surface area contributed by atoms with E-state index in [4.69, 9.17) is 4.42 Å². The summed E-state index contributed by atoms with van der Waals surface area (Å²) in [6.07, 6.45) is 1.40. The number of nitrogens with one attached hydrogen (secondary N) is 2. The van der Waals surface area contributed by atoms with Gasteiger partial charge in [0.2, 0.25) is 10.0 Å². The average Bonchev–Trinajstić information content (AvgIpc) is 2.94. The van der Waals surface area contributed by atoms with Gasteiger partial charge in [-0.1, -0.05) is 0 Å². The van der Waals surface area contributed by atoms with Crippen LogP contribution in [-0.4, -0.2) is 15.5 Å². The van der Waals surface area contributed by atoms with Crippen molar-refractivity contribution in [2.75, 3.05) is 7.05 Å². The third kappa shape index (κ3) is 3.46. The molecule has 0 atom stereocenters. The molecule has 2 rings (SSSR count). The minimum atomic E-state index is -4.10. The molecule has 0 bridgehead atoms. The van der Waals surface area contributed by atoms with Gasteiger partial charge in [-0.15, -0.1) is 0 Å². The molecule has 1 heterocycles. The third-order valence-electron chi connectivity index (χ3n) is 2.81. The zero-order valence-corrected chi connectivity index (χ0v) is 12.0. The monoisotopic (exact) mass is 316 g/mol. The maximum absolute atomic E-state index is 14.2. The van der Waals surface area contributed by atoms with Crippen LogP contribution < -0.4 is 10.0 Å². The fraction of sp³-hybridized carbons (Fsp3) is 0.231. The van der Waals surface area contributed by atoms with Crippen LogP contribution >= 0.6 is 0 Å². The van der Waals surface area contributed by atoms with Crippen molar-refractivity contribution < 1.29 is 21.6 Å². The standard InChI is InChI=1S/C13H14F2N2O3S/c1-16-8-10-11(14)4-5-12(13(10)15)21(18,19)17-7-9-3-2-6-20-9/h2-6,16-17H,7-8H2,1H3. The van der Waals surface area contributed by atoms with E-state index in [-0.39, 0.29) is 18.7 Å². The zero-order valence-electron chi connectivity index (χ0n) is 11.2. The Balaban J connectivity index is 2.29. The highest BCUT2D eigenvalue weighted by Gasteiger charge is 2.23. The maximum atomic E-state index is 14.2. The molecule has 0 aliphatic carbocycles. The van der Waals surface area contributed by atoms with Gasteiger partial charge in [-0.3, -0.25) is 0 Å². The Bertz CT molecular complexity index is 715. The lowest BCUT2D eigenvalue weighted by Crippen LogP contribution is -2.25. The lowest BCUT2D eigenvalue weighted by molar-refractivity contribution is 0.494. The molecule has 2 aromatic rings. The van der Waals surface area contributed by atoms with Crippen LogP contribution in [0.1, 0.15) is 11.3 Å². The largest absolute Gasteiger partial charge is 0.468 e. The molecule has 0 aliphatic heterocycles. The average molecular weight is 316 g/mol. The van der Waals surface area contributed by atoms with Gasteiger partial charge in [-0.25, -0.2) is 21.9 Å². The van der Waals surface area contributed by atoms with E-state index in [9.17, 15) is 17.2 Å². The van der Waals surface area contributed by atoms with E-state index in [1.165, 1.54) is 13.3 Å².